The molecule has 17 heavy (non-hydrogen) atoms. The van der Waals surface area contributed by atoms with Gasteiger partial charge >= 0.3 is 0 Å². The van der Waals surface area contributed by atoms with Crippen LogP contribution in [0.5, 0.6) is 0 Å². The smallest absolute Gasteiger partial charge is 0.0145 e. The van der Waals surface area contributed by atoms with Gasteiger partial charge in [0.25, 0.3) is 0 Å². The minimum Gasteiger partial charge on any atom is -0.309 e. The van der Waals surface area contributed by atoms with Gasteiger partial charge in [0.2, 0.25) is 0 Å². The fourth-order valence-corrected chi connectivity index (χ4v) is 3.85. The van der Waals surface area contributed by atoms with Crippen LogP contribution in [0.2, 0.25) is 0 Å². The molecule has 1 saturated carbocycles. The molecule has 0 spiro atoms. The molecule has 0 aromatic carbocycles. The molecular weight excluding hydrogens is 208 g/mol. The number of nitrogens with one attached hydrogen (secondary N) is 1. The topological polar surface area (TPSA) is 15.3 Å². The third-order valence-corrected chi connectivity index (χ3v) is 4.37. The van der Waals surface area contributed by atoms with Gasteiger partial charge in [-0.3, -0.25) is 4.90 Å². The molecule has 0 radical (unpaired) electrons. The Balaban J connectivity index is 2.02. The standard InChI is InChI=1S/C15H30N2/c1-14(2,3)16-12-7-8-13-11(12)9-10-17(13)15(4,5)6/h11-13,16H,7-10H2,1-6H3/t11-,12?,13+/m0/s1. The largest absolute Gasteiger partial charge is 0.309 e. The Morgan fingerprint density at radius 3 is 2.12 bits per heavy atom. The molecule has 2 fully saturated rings. The van der Waals surface area contributed by atoms with Crippen molar-refractivity contribution in [3.8, 4) is 0 Å². The van der Waals surface area contributed by atoms with Gasteiger partial charge in [-0.1, -0.05) is 0 Å². The Morgan fingerprint density at radius 1 is 0.941 bits per heavy atom. The summed E-state index contributed by atoms with van der Waals surface area (Å²) in [6, 6.07) is 1.57. The first-order chi connectivity index (χ1) is 7.68. The van der Waals surface area contributed by atoms with Gasteiger partial charge in [0.05, 0.1) is 0 Å². The number of hydrogen-bond donors (Lipinski definition) is 1. The van der Waals surface area contributed by atoms with Crippen LogP contribution in [0, 0.1) is 5.92 Å². The van der Waals surface area contributed by atoms with E-state index in [1.807, 2.05) is 0 Å². The minimum absolute atomic E-state index is 0.259. The van der Waals surface area contributed by atoms with Crippen molar-refractivity contribution in [2.24, 2.45) is 5.92 Å². The zero-order chi connectivity index (χ0) is 12.8. The normalized spacial score (nSPS) is 35.3. The maximum absolute atomic E-state index is 3.83. The Kier molecular flexibility index (Phi) is 3.33. The van der Waals surface area contributed by atoms with Gasteiger partial charge in [-0.05, 0) is 73.3 Å². The summed E-state index contributed by atoms with van der Waals surface area (Å²) in [6.07, 6.45) is 4.13. The molecule has 1 heterocycles. The van der Waals surface area contributed by atoms with Crippen molar-refractivity contribution in [3.63, 3.8) is 0 Å². The van der Waals surface area contributed by atoms with Crippen LogP contribution in [0.3, 0.4) is 0 Å². The zero-order valence-electron chi connectivity index (χ0n) is 12.5. The Bertz CT molecular complexity index is 272. The van der Waals surface area contributed by atoms with E-state index in [1.165, 1.54) is 25.8 Å². The molecule has 2 rings (SSSR count). The highest BCUT2D eigenvalue weighted by molar-refractivity contribution is 5.03. The average Bonchev–Trinajstić information content (AvgIpc) is 2.63. The van der Waals surface area contributed by atoms with Crippen molar-refractivity contribution < 1.29 is 0 Å². The minimum atomic E-state index is 0.259. The first kappa shape index (κ1) is 13.4. The van der Waals surface area contributed by atoms with Gasteiger partial charge in [-0.25, -0.2) is 0 Å². The van der Waals surface area contributed by atoms with Crippen molar-refractivity contribution >= 4 is 0 Å². The number of likely N-dealkylation sites (tertiary alicyclic amines) is 1. The molecule has 2 heteroatoms. The first-order valence-corrected chi connectivity index (χ1v) is 7.23. The second-order valence-electron chi connectivity index (χ2n) is 7.96. The van der Waals surface area contributed by atoms with Crippen molar-refractivity contribution in [3.05, 3.63) is 0 Å². The third-order valence-electron chi connectivity index (χ3n) is 4.37. The molecule has 2 aliphatic rings. The lowest BCUT2D eigenvalue weighted by molar-refractivity contribution is 0.113. The summed E-state index contributed by atoms with van der Waals surface area (Å²) in [5.41, 5.74) is 0.602. The molecule has 0 aromatic rings. The van der Waals surface area contributed by atoms with E-state index >= 15 is 0 Å². The number of hydrogen-bond acceptors (Lipinski definition) is 2. The van der Waals surface area contributed by atoms with Gasteiger partial charge in [-0.2, -0.15) is 0 Å². The van der Waals surface area contributed by atoms with Crippen LogP contribution >= 0.6 is 0 Å². The van der Waals surface area contributed by atoms with E-state index in [4.69, 9.17) is 0 Å². The summed E-state index contributed by atoms with van der Waals surface area (Å²) in [5, 5.41) is 3.83. The van der Waals surface area contributed by atoms with E-state index in [0.29, 0.717) is 5.54 Å². The monoisotopic (exact) mass is 238 g/mol. The van der Waals surface area contributed by atoms with Crippen molar-refractivity contribution in [1.82, 2.24) is 10.2 Å². The predicted molar refractivity (Wildman–Crippen MR) is 74.3 cm³/mol. The zero-order valence-corrected chi connectivity index (χ0v) is 12.5. The molecule has 0 amide bonds. The molecule has 1 aliphatic carbocycles. The highest BCUT2D eigenvalue weighted by Crippen LogP contribution is 2.41. The van der Waals surface area contributed by atoms with Crippen molar-refractivity contribution in [2.45, 2.75) is 84.0 Å². The quantitative estimate of drug-likeness (QED) is 0.755. The summed E-state index contributed by atoms with van der Waals surface area (Å²) >= 11 is 0. The van der Waals surface area contributed by atoms with Crippen molar-refractivity contribution in [1.29, 1.82) is 0 Å². The van der Waals surface area contributed by atoms with E-state index < -0.39 is 0 Å². The molecule has 0 aromatic heterocycles. The van der Waals surface area contributed by atoms with E-state index in [0.717, 1.165) is 18.0 Å². The Labute approximate surface area is 107 Å². The summed E-state index contributed by atoms with van der Waals surface area (Å²) < 4.78 is 0. The molecule has 2 nitrogen and oxygen atoms in total. The van der Waals surface area contributed by atoms with Gasteiger partial charge < -0.3 is 5.32 Å². The third kappa shape index (κ3) is 2.85. The summed E-state index contributed by atoms with van der Waals surface area (Å²) in [7, 11) is 0. The van der Waals surface area contributed by atoms with E-state index in [-0.39, 0.29) is 5.54 Å². The van der Waals surface area contributed by atoms with Crippen molar-refractivity contribution in [2.75, 3.05) is 6.54 Å². The molecular formula is C15H30N2. The lowest BCUT2D eigenvalue weighted by Crippen LogP contribution is -2.48. The lowest BCUT2D eigenvalue weighted by atomic mass is 9.96. The molecule has 1 aliphatic heterocycles. The lowest BCUT2D eigenvalue weighted by Gasteiger charge is -2.37. The second-order valence-corrected chi connectivity index (χ2v) is 7.96. The SMILES string of the molecule is CC(C)(C)NC1CC[C@@H]2[C@H]1CCN2C(C)(C)C. The van der Waals surface area contributed by atoms with Crippen LogP contribution in [0.25, 0.3) is 0 Å². The van der Waals surface area contributed by atoms with Gasteiger partial charge in [0.15, 0.2) is 0 Å². The Hall–Kier alpha value is -0.0800. The second kappa shape index (κ2) is 4.24. The van der Waals surface area contributed by atoms with Crippen LogP contribution in [-0.2, 0) is 0 Å². The average molecular weight is 238 g/mol. The van der Waals surface area contributed by atoms with Crippen LogP contribution in [0.15, 0.2) is 0 Å². The highest BCUT2D eigenvalue weighted by atomic mass is 15.3. The maximum Gasteiger partial charge on any atom is 0.0145 e. The summed E-state index contributed by atoms with van der Waals surface area (Å²) in [6.45, 7) is 15.2. The van der Waals surface area contributed by atoms with E-state index in [1.54, 1.807) is 0 Å². The number of fused-ring (bicyclic) bond motifs is 1. The molecule has 1 saturated heterocycles. The maximum atomic E-state index is 3.83. The molecule has 100 valence electrons. The first-order valence-electron chi connectivity index (χ1n) is 7.23. The fraction of sp³-hybridized carbons (Fsp3) is 1.00. The Morgan fingerprint density at radius 2 is 1.59 bits per heavy atom. The van der Waals surface area contributed by atoms with E-state index in [9.17, 15) is 0 Å². The molecule has 1 unspecified atom stereocenters. The van der Waals surface area contributed by atoms with E-state index in [2.05, 4.69) is 51.8 Å². The molecule has 1 N–H and O–H groups in total. The highest BCUT2D eigenvalue weighted by Gasteiger charge is 2.47. The molecule has 3 atom stereocenters. The van der Waals surface area contributed by atoms with Crippen LogP contribution in [-0.4, -0.2) is 34.6 Å². The van der Waals surface area contributed by atoms with Crippen LogP contribution in [0.4, 0.5) is 0 Å². The molecule has 0 bridgehead atoms. The fourth-order valence-electron chi connectivity index (χ4n) is 3.85. The predicted octanol–water partition coefficient (Wildman–Crippen LogP) is 3.03. The van der Waals surface area contributed by atoms with Gasteiger partial charge in [0.1, 0.15) is 0 Å². The van der Waals surface area contributed by atoms with Gasteiger partial charge in [0, 0.05) is 23.2 Å². The number of rotatable bonds is 1. The van der Waals surface area contributed by atoms with Crippen LogP contribution < -0.4 is 5.32 Å². The van der Waals surface area contributed by atoms with Crippen LogP contribution in [0.1, 0.15) is 60.8 Å². The number of nitrogens with zero attached hydrogens (tertiary/aromatic N) is 1. The summed E-state index contributed by atoms with van der Waals surface area (Å²) in [5.74, 6) is 0.883. The summed E-state index contributed by atoms with van der Waals surface area (Å²) in [4.78, 5) is 2.74. The van der Waals surface area contributed by atoms with Gasteiger partial charge in [-0.15, -0.1) is 0 Å².